The molecule has 1 unspecified atom stereocenters. The maximum Gasteiger partial charge on any atom is 0.279 e. The van der Waals surface area contributed by atoms with Crippen molar-refractivity contribution in [3.05, 3.63) is 102 Å². The first-order chi connectivity index (χ1) is 14.2. The van der Waals surface area contributed by atoms with Crippen molar-refractivity contribution in [1.29, 1.82) is 5.26 Å². The second-order valence-electron chi connectivity index (χ2n) is 6.33. The first-order valence-corrected chi connectivity index (χ1v) is 8.90. The average Bonchev–Trinajstić information content (AvgIpc) is 3.25. The summed E-state index contributed by atoms with van der Waals surface area (Å²) in [6, 6.07) is 20.6. The molecule has 4 rings (SSSR count). The van der Waals surface area contributed by atoms with Gasteiger partial charge < -0.3 is 5.73 Å². The van der Waals surface area contributed by atoms with Gasteiger partial charge in [-0.15, -0.1) is 5.10 Å². The summed E-state index contributed by atoms with van der Waals surface area (Å²) in [5.41, 5.74) is 8.84. The number of pyridine rings is 1. The molecule has 0 saturated carbocycles. The van der Waals surface area contributed by atoms with E-state index < -0.39 is 6.04 Å². The third kappa shape index (κ3) is 3.65. The Bertz CT molecular complexity index is 1180. The Hall–Kier alpha value is -4.15. The standard InChI is InChI=1S/C22H16N6O/c23-13-15-8-10-16(11-9-15)19(24)21-26-20(18-7-4-12-25-14-18)27-28(21)22(29)17-5-2-1-3-6-17/h1-12,14,19H,24H2. The fraction of sp³-hybridized carbons (Fsp3) is 0.0455. The summed E-state index contributed by atoms with van der Waals surface area (Å²) in [5, 5.41) is 13.4. The summed E-state index contributed by atoms with van der Waals surface area (Å²) < 4.78 is 1.24. The summed E-state index contributed by atoms with van der Waals surface area (Å²) in [4.78, 5) is 21.7. The van der Waals surface area contributed by atoms with Gasteiger partial charge in [0.2, 0.25) is 0 Å². The zero-order valence-corrected chi connectivity index (χ0v) is 15.3. The maximum absolute atomic E-state index is 13.1. The summed E-state index contributed by atoms with van der Waals surface area (Å²) in [6.45, 7) is 0. The van der Waals surface area contributed by atoms with Gasteiger partial charge in [0.1, 0.15) is 0 Å². The third-order valence-electron chi connectivity index (χ3n) is 4.44. The van der Waals surface area contributed by atoms with Crippen molar-refractivity contribution < 1.29 is 4.79 Å². The van der Waals surface area contributed by atoms with E-state index in [2.05, 4.69) is 21.1 Å². The number of carbonyl (C=O) groups excluding carboxylic acids is 1. The minimum atomic E-state index is -0.701. The van der Waals surface area contributed by atoms with Crippen LogP contribution in [-0.4, -0.2) is 25.7 Å². The lowest BCUT2D eigenvalue weighted by Crippen LogP contribution is -2.23. The molecule has 7 heteroatoms. The molecule has 0 radical (unpaired) electrons. The molecule has 4 aromatic rings. The number of aromatic nitrogens is 4. The molecule has 2 aromatic heterocycles. The number of rotatable bonds is 4. The van der Waals surface area contributed by atoms with Crippen LogP contribution in [0.4, 0.5) is 0 Å². The van der Waals surface area contributed by atoms with Crippen LogP contribution in [0.2, 0.25) is 0 Å². The molecule has 0 amide bonds. The lowest BCUT2D eigenvalue weighted by Gasteiger charge is -2.12. The molecule has 7 nitrogen and oxygen atoms in total. The zero-order chi connectivity index (χ0) is 20.2. The normalized spacial score (nSPS) is 11.6. The zero-order valence-electron chi connectivity index (χ0n) is 15.3. The number of nitrogens with two attached hydrogens (primary N) is 1. The van der Waals surface area contributed by atoms with E-state index in [1.54, 1.807) is 67.0 Å². The van der Waals surface area contributed by atoms with Crippen LogP contribution in [0.1, 0.15) is 33.4 Å². The van der Waals surface area contributed by atoms with Crippen LogP contribution in [0.15, 0.2) is 79.1 Å². The molecule has 2 heterocycles. The van der Waals surface area contributed by atoms with Crippen molar-refractivity contribution in [3.63, 3.8) is 0 Å². The van der Waals surface area contributed by atoms with Gasteiger partial charge in [-0.2, -0.15) is 9.94 Å². The molecule has 29 heavy (non-hydrogen) atoms. The van der Waals surface area contributed by atoms with Gasteiger partial charge in [0.15, 0.2) is 11.6 Å². The van der Waals surface area contributed by atoms with Crippen molar-refractivity contribution in [2.75, 3.05) is 0 Å². The molecular weight excluding hydrogens is 364 g/mol. The minimum Gasteiger partial charge on any atom is -0.318 e. The van der Waals surface area contributed by atoms with E-state index in [1.165, 1.54) is 4.68 Å². The van der Waals surface area contributed by atoms with E-state index in [-0.39, 0.29) is 5.91 Å². The molecule has 2 N–H and O–H groups in total. The SMILES string of the molecule is N#Cc1ccc(C(N)c2nc(-c3cccnc3)nn2C(=O)c2ccccc2)cc1. The topological polar surface area (TPSA) is 110 Å². The van der Waals surface area contributed by atoms with Gasteiger partial charge in [-0.05, 0) is 42.0 Å². The van der Waals surface area contributed by atoms with E-state index >= 15 is 0 Å². The number of hydrogen-bond acceptors (Lipinski definition) is 6. The Labute approximate surface area is 167 Å². The quantitative estimate of drug-likeness (QED) is 0.583. The fourth-order valence-corrected chi connectivity index (χ4v) is 2.91. The Morgan fingerprint density at radius 1 is 1.03 bits per heavy atom. The van der Waals surface area contributed by atoms with E-state index in [4.69, 9.17) is 11.0 Å². The van der Waals surface area contributed by atoms with Gasteiger partial charge in [-0.1, -0.05) is 30.3 Å². The van der Waals surface area contributed by atoms with Crippen LogP contribution in [0.25, 0.3) is 11.4 Å². The van der Waals surface area contributed by atoms with Gasteiger partial charge in [0, 0.05) is 23.5 Å². The van der Waals surface area contributed by atoms with Crippen molar-refractivity contribution in [3.8, 4) is 17.5 Å². The first-order valence-electron chi connectivity index (χ1n) is 8.90. The molecule has 0 aliphatic heterocycles. The molecule has 0 aliphatic carbocycles. The predicted molar refractivity (Wildman–Crippen MR) is 107 cm³/mol. The van der Waals surface area contributed by atoms with Crippen LogP contribution >= 0.6 is 0 Å². The van der Waals surface area contributed by atoms with Crippen LogP contribution in [0, 0.1) is 11.3 Å². The van der Waals surface area contributed by atoms with Gasteiger partial charge in [-0.25, -0.2) is 4.98 Å². The number of hydrogen-bond donors (Lipinski definition) is 1. The van der Waals surface area contributed by atoms with Crippen LogP contribution < -0.4 is 5.73 Å². The number of nitrogens with zero attached hydrogens (tertiary/aromatic N) is 5. The molecule has 0 fully saturated rings. The van der Waals surface area contributed by atoms with E-state index in [0.717, 1.165) is 5.56 Å². The fourth-order valence-electron chi connectivity index (χ4n) is 2.91. The highest BCUT2D eigenvalue weighted by Gasteiger charge is 2.24. The van der Waals surface area contributed by atoms with Crippen molar-refractivity contribution in [1.82, 2.24) is 19.7 Å². The maximum atomic E-state index is 13.1. The summed E-state index contributed by atoms with van der Waals surface area (Å²) >= 11 is 0. The van der Waals surface area contributed by atoms with Crippen molar-refractivity contribution in [2.45, 2.75) is 6.04 Å². The smallest absolute Gasteiger partial charge is 0.279 e. The number of benzene rings is 2. The van der Waals surface area contributed by atoms with Crippen molar-refractivity contribution in [2.24, 2.45) is 5.73 Å². The van der Waals surface area contributed by atoms with Gasteiger partial charge in [0.05, 0.1) is 17.7 Å². The van der Waals surface area contributed by atoms with Gasteiger partial charge in [-0.3, -0.25) is 9.78 Å². The lowest BCUT2D eigenvalue weighted by molar-refractivity contribution is 0.0940. The number of carbonyl (C=O) groups is 1. The van der Waals surface area contributed by atoms with Gasteiger partial charge in [0.25, 0.3) is 5.91 Å². The molecule has 2 aromatic carbocycles. The summed E-state index contributed by atoms with van der Waals surface area (Å²) in [5.74, 6) is 0.344. The molecule has 1 atom stereocenters. The first kappa shape index (κ1) is 18.2. The van der Waals surface area contributed by atoms with E-state index in [9.17, 15) is 4.79 Å². The molecule has 0 aliphatic rings. The molecule has 0 spiro atoms. The second kappa shape index (κ2) is 7.84. The highest BCUT2D eigenvalue weighted by atomic mass is 16.2. The lowest BCUT2D eigenvalue weighted by atomic mass is 10.1. The molecular formula is C22H16N6O. The van der Waals surface area contributed by atoms with E-state index in [0.29, 0.717) is 28.3 Å². The Balaban J connectivity index is 1.81. The second-order valence-corrected chi connectivity index (χ2v) is 6.33. The Morgan fingerprint density at radius 2 is 1.79 bits per heavy atom. The highest BCUT2D eigenvalue weighted by Crippen LogP contribution is 2.23. The summed E-state index contributed by atoms with van der Waals surface area (Å²) in [6.07, 6.45) is 3.28. The summed E-state index contributed by atoms with van der Waals surface area (Å²) in [7, 11) is 0. The van der Waals surface area contributed by atoms with Crippen LogP contribution in [-0.2, 0) is 0 Å². The van der Waals surface area contributed by atoms with Crippen molar-refractivity contribution >= 4 is 5.91 Å². The van der Waals surface area contributed by atoms with Crippen LogP contribution in [0.3, 0.4) is 0 Å². The predicted octanol–water partition coefficient (Wildman–Crippen LogP) is 2.95. The Kier molecular flexibility index (Phi) is 4.93. The third-order valence-corrected chi connectivity index (χ3v) is 4.44. The molecule has 0 bridgehead atoms. The average molecular weight is 380 g/mol. The molecule has 140 valence electrons. The monoisotopic (exact) mass is 380 g/mol. The highest BCUT2D eigenvalue weighted by molar-refractivity contribution is 5.95. The minimum absolute atomic E-state index is 0.308. The largest absolute Gasteiger partial charge is 0.318 e. The molecule has 0 saturated heterocycles. The van der Waals surface area contributed by atoms with Crippen LogP contribution in [0.5, 0.6) is 0 Å². The van der Waals surface area contributed by atoms with Gasteiger partial charge >= 0.3 is 0 Å². The Morgan fingerprint density at radius 3 is 2.45 bits per heavy atom. The van der Waals surface area contributed by atoms with E-state index in [1.807, 2.05) is 12.1 Å². The number of nitriles is 1.